The summed E-state index contributed by atoms with van der Waals surface area (Å²) >= 11 is 0. The van der Waals surface area contributed by atoms with Gasteiger partial charge in [0.25, 0.3) is 12.2 Å². The number of ether oxygens (including phenoxy) is 4. The minimum absolute atomic E-state index is 0.0529. The Kier molecular flexibility index (Phi) is 18.3. The molecule has 0 saturated heterocycles. The number of rotatable bonds is 12. The highest BCUT2D eigenvalue weighted by molar-refractivity contribution is 5.89. The summed E-state index contributed by atoms with van der Waals surface area (Å²) in [5.41, 5.74) is 13.7. The Balaban J connectivity index is 0.000000679. The molecular weight excluding hydrogens is 592 g/mol. The van der Waals surface area contributed by atoms with Crippen molar-refractivity contribution in [3.8, 4) is 23.0 Å². The van der Waals surface area contributed by atoms with Crippen molar-refractivity contribution < 1.29 is 56.3 Å². The van der Waals surface area contributed by atoms with E-state index in [0.29, 0.717) is 48.0 Å². The van der Waals surface area contributed by atoms with Gasteiger partial charge in [-0.2, -0.15) is 17.6 Å². The molecule has 10 nitrogen and oxygen atoms in total. The van der Waals surface area contributed by atoms with Crippen LogP contribution in [0.3, 0.4) is 0 Å². The van der Waals surface area contributed by atoms with Crippen molar-refractivity contribution in [2.75, 3.05) is 28.4 Å². The van der Waals surface area contributed by atoms with Crippen LogP contribution in [-0.4, -0.2) is 62.7 Å². The second-order valence-electron chi connectivity index (χ2n) is 9.05. The van der Waals surface area contributed by atoms with E-state index in [1.165, 1.54) is 40.6 Å². The van der Waals surface area contributed by atoms with Gasteiger partial charge in [-0.3, -0.25) is 0 Å². The van der Waals surface area contributed by atoms with Crippen molar-refractivity contribution >= 4 is 24.1 Å². The summed E-state index contributed by atoms with van der Waals surface area (Å²) in [6, 6.07) is 6.30. The van der Waals surface area contributed by atoms with Gasteiger partial charge < -0.3 is 40.6 Å². The number of aliphatic carboxylic acids is 2. The Bertz CT molecular complexity index is 1220. The Hall–Kier alpha value is -4.56. The van der Waals surface area contributed by atoms with Gasteiger partial charge in [-0.15, -0.1) is 0 Å². The number of methoxy groups -OCH3 is 4. The predicted octanol–water partition coefficient (Wildman–Crippen LogP) is 5.37. The highest BCUT2D eigenvalue weighted by Crippen LogP contribution is 2.32. The van der Waals surface area contributed by atoms with Crippen molar-refractivity contribution in [3.05, 3.63) is 70.8 Å². The van der Waals surface area contributed by atoms with Crippen LogP contribution in [0.15, 0.2) is 48.6 Å². The van der Waals surface area contributed by atoms with Gasteiger partial charge in [0.2, 0.25) is 0 Å². The molecule has 2 rings (SSSR count). The molecule has 14 heteroatoms. The molecule has 0 radical (unpaired) electrons. The third-order valence-electron chi connectivity index (χ3n) is 5.25. The quantitative estimate of drug-likeness (QED) is 0.177. The fraction of sp³-hybridized carbons (Fsp3) is 0.333. The number of halogens is 4. The smallest absolute Gasteiger partial charge is 0.328 e. The first kappa shape index (κ1) is 39.4. The van der Waals surface area contributed by atoms with Crippen LogP contribution in [0.4, 0.5) is 17.6 Å². The molecule has 0 aliphatic rings. The average Bonchev–Trinajstić information content (AvgIpc) is 2.92. The van der Waals surface area contributed by atoms with Crippen LogP contribution in [-0.2, 0) is 22.4 Å². The van der Waals surface area contributed by atoms with E-state index in [1.54, 1.807) is 12.1 Å². The highest BCUT2D eigenvalue weighted by atomic mass is 19.3. The van der Waals surface area contributed by atoms with Gasteiger partial charge in [0.05, 0.1) is 28.4 Å². The molecule has 2 unspecified atom stereocenters. The molecule has 0 spiro atoms. The molecular formula is C30H38F4N2O8. The molecule has 2 atom stereocenters. The maximum Gasteiger partial charge on any atom is 0.328 e. The Labute approximate surface area is 253 Å². The van der Waals surface area contributed by atoms with Crippen LogP contribution in [0.2, 0.25) is 0 Å². The molecule has 0 saturated carbocycles. The number of hydrogen-bond acceptors (Lipinski definition) is 8. The maximum absolute atomic E-state index is 12.3. The number of carboxylic acids is 2. The van der Waals surface area contributed by atoms with Crippen molar-refractivity contribution in [2.24, 2.45) is 11.5 Å². The molecule has 244 valence electrons. The first-order chi connectivity index (χ1) is 20.6. The van der Waals surface area contributed by atoms with Crippen molar-refractivity contribution in [1.82, 2.24) is 0 Å². The van der Waals surface area contributed by atoms with Gasteiger partial charge in [-0.1, -0.05) is 0 Å². The van der Waals surface area contributed by atoms with Crippen LogP contribution in [0.25, 0.3) is 12.2 Å². The van der Waals surface area contributed by atoms with E-state index >= 15 is 0 Å². The normalized spacial score (nSPS) is 11.5. The molecule has 6 N–H and O–H groups in total. The lowest BCUT2D eigenvalue weighted by atomic mass is 10.0. The lowest BCUT2D eigenvalue weighted by Crippen LogP contribution is -2.18. The summed E-state index contributed by atoms with van der Waals surface area (Å²) in [5.74, 6) is -0.709. The minimum Gasteiger partial charge on any atom is -0.496 e. The summed E-state index contributed by atoms with van der Waals surface area (Å²) in [4.78, 5) is 19.1. The summed E-state index contributed by atoms with van der Waals surface area (Å²) in [7, 11) is 5.85. The zero-order valence-electron chi connectivity index (χ0n) is 25.2. The zero-order chi connectivity index (χ0) is 34.0. The molecule has 0 amide bonds. The van der Waals surface area contributed by atoms with Gasteiger partial charge in [0, 0.05) is 47.5 Å². The molecule has 0 aliphatic heterocycles. The molecule has 0 aromatic heterocycles. The molecule has 0 heterocycles. The standard InChI is InChI=1S/2C13H17F2NO2.C4H4O4/c2*1-8(16)4-9-5-12(18-3)10(7-13(14)15)6-11(9)17-2;5-3(6)1-2-4(7)8/h2*5-8H,4,16H2,1-3H3;1-2H,(H,5,6)(H,7,8)/b;;2-1+. The molecule has 0 bridgehead atoms. The molecule has 0 fully saturated rings. The zero-order valence-corrected chi connectivity index (χ0v) is 25.2. The van der Waals surface area contributed by atoms with E-state index in [1.807, 2.05) is 13.8 Å². The fourth-order valence-electron chi connectivity index (χ4n) is 3.59. The van der Waals surface area contributed by atoms with Crippen molar-refractivity contribution in [1.29, 1.82) is 0 Å². The first-order valence-corrected chi connectivity index (χ1v) is 12.8. The van der Waals surface area contributed by atoms with Crippen molar-refractivity contribution in [2.45, 2.75) is 38.8 Å². The lowest BCUT2D eigenvalue weighted by molar-refractivity contribution is -0.134. The molecule has 44 heavy (non-hydrogen) atoms. The van der Waals surface area contributed by atoms with Crippen LogP contribution in [0, 0.1) is 0 Å². The van der Waals surface area contributed by atoms with E-state index in [4.69, 9.17) is 40.6 Å². The summed E-state index contributed by atoms with van der Waals surface area (Å²) in [6.45, 7) is 3.72. The summed E-state index contributed by atoms with van der Waals surface area (Å²) in [6.07, 6.45) is 0.215. The van der Waals surface area contributed by atoms with E-state index in [2.05, 4.69) is 0 Å². The molecule has 2 aromatic rings. The number of nitrogens with two attached hydrogens (primary N) is 2. The number of carboxylic acid groups (broad SMARTS) is 2. The largest absolute Gasteiger partial charge is 0.496 e. The van der Waals surface area contributed by atoms with Gasteiger partial charge in [-0.05, 0) is 62.1 Å². The lowest BCUT2D eigenvalue weighted by Gasteiger charge is -2.14. The van der Waals surface area contributed by atoms with Crippen LogP contribution in [0.1, 0.15) is 36.1 Å². The Morgan fingerprint density at radius 1 is 0.659 bits per heavy atom. The van der Waals surface area contributed by atoms with E-state index in [-0.39, 0.29) is 23.2 Å². The van der Waals surface area contributed by atoms with E-state index in [9.17, 15) is 27.2 Å². The third-order valence-corrected chi connectivity index (χ3v) is 5.25. The topological polar surface area (TPSA) is 164 Å². The third kappa shape index (κ3) is 15.6. The van der Waals surface area contributed by atoms with E-state index < -0.39 is 24.1 Å². The van der Waals surface area contributed by atoms with E-state index in [0.717, 1.165) is 23.3 Å². The predicted molar refractivity (Wildman–Crippen MR) is 159 cm³/mol. The Morgan fingerprint density at radius 3 is 1.16 bits per heavy atom. The number of benzene rings is 2. The summed E-state index contributed by atoms with van der Waals surface area (Å²) < 4.78 is 69.9. The van der Waals surface area contributed by atoms with Crippen LogP contribution in [0.5, 0.6) is 23.0 Å². The highest BCUT2D eigenvalue weighted by Gasteiger charge is 2.13. The summed E-state index contributed by atoms with van der Waals surface area (Å²) in [5, 5.41) is 15.6. The Morgan fingerprint density at radius 2 is 0.955 bits per heavy atom. The van der Waals surface area contributed by atoms with Gasteiger partial charge in [0.1, 0.15) is 23.0 Å². The fourth-order valence-corrected chi connectivity index (χ4v) is 3.59. The minimum atomic E-state index is -1.78. The average molecular weight is 631 g/mol. The van der Waals surface area contributed by atoms with Crippen molar-refractivity contribution in [3.63, 3.8) is 0 Å². The first-order valence-electron chi connectivity index (χ1n) is 12.8. The molecule has 0 aliphatic carbocycles. The van der Waals surface area contributed by atoms with Crippen LogP contribution >= 0.6 is 0 Å². The second-order valence-corrected chi connectivity index (χ2v) is 9.05. The monoisotopic (exact) mass is 630 g/mol. The second kappa shape index (κ2) is 20.4. The van der Waals surface area contributed by atoms with Gasteiger partial charge in [0.15, 0.2) is 0 Å². The number of hydrogen-bond donors (Lipinski definition) is 4. The van der Waals surface area contributed by atoms with Crippen LogP contribution < -0.4 is 30.4 Å². The number of carbonyl (C=O) groups is 2. The maximum atomic E-state index is 12.3. The van der Waals surface area contributed by atoms with Gasteiger partial charge >= 0.3 is 11.9 Å². The molecule has 2 aromatic carbocycles. The SMILES string of the molecule is COc1cc(CC(C)N)c(OC)cc1C=C(F)F.COc1cc(CC(C)N)c(OC)cc1C=C(F)F.O=C(O)/C=C/C(=O)O. The van der Waals surface area contributed by atoms with Gasteiger partial charge in [-0.25, -0.2) is 9.59 Å².